The van der Waals surface area contributed by atoms with Gasteiger partial charge >= 0.3 is 0 Å². The van der Waals surface area contributed by atoms with Crippen LogP contribution in [-0.4, -0.2) is 5.29 Å². The molecule has 0 saturated carbocycles. The first-order valence-electron chi connectivity index (χ1n) is 3.94. The van der Waals surface area contributed by atoms with E-state index in [1.807, 2.05) is 6.07 Å². The summed E-state index contributed by atoms with van der Waals surface area (Å²) < 4.78 is 0. The second kappa shape index (κ2) is 3.51. The van der Waals surface area contributed by atoms with Crippen molar-refractivity contribution < 1.29 is 0 Å². The monoisotopic (exact) mass is 172 g/mol. The molecule has 0 atom stereocenters. The molecule has 1 aliphatic rings. The molecule has 0 heterocycles. The molecular weight excluding hydrogens is 163 g/mol. The molecule has 0 N–H and O–H groups in total. The molecule has 2 rings (SSSR count). The molecule has 12 heavy (non-hydrogen) atoms. The van der Waals surface area contributed by atoms with E-state index in [4.69, 9.17) is 0 Å². The van der Waals surface area contributed by atoms with Crippen molar-refractivity contribution in [1.29, 1.82) is 0 Å². The zero-order chi connectivity index (χ0) is 8.23. The Hall–Kier alpha value is -1.13. The number of hydrogen-bond donors (Lipinski definition) is 0. The highest BCUT2D eigenvalue weighted by Crippen LogP contribution is 2.07. The van der Waals surface area contributed by atoms with E-state index in [2.05, 4.69) is 48.6 Å². The molecule has 0 spiro atoms. The molecule has 1 aliphatic carbocycles. The van der Waals surface area contributed by atoms with Crippen LogP contribution >= 0.6 is 8.20 Å². The van der Waals surface area contributed by atoms with Crippen molar-refractivity contribution in [3.8, 4) is 0 Å². The molecule has 0 aromatic heterocycles. The Morgan fingerprint density at radius 3 is 2.17 bits per heavy atom. The summed E-state index contributed by atoms with van der Waals surface area (Å²) in [4.78, 5) is 0. The van der Waals surface area contributed by atoms with Crippen LogP contribution in [0.2, 0.25) is 0 Å². The van der Waals surface area contributed by atoms with Crippen LogP contribution < -0.4 is 5.30 Å². The highest BCUT2D eigenvalue weighted by atomic mass is 31.1. The predicted molar refractivity (Wildman–Crippen MR) is 56.3 cm³/mol. The van der Waals surface area contributed by atoms with Crippen molar-refractivity contribution >= 4 is 18.8 Å². The van der Waals surface area contributed by atoms with E-state index in [9.17, 15) is 0 Å². The lowest BCUT2D eigenvalue weighted by Gasteiger charge is -1.91. The molecule has 0 bridgehead atoms. The molecular formula is C11H9P. The van der Waals surface area contributed by atoms with Gasteiger partial charge in [0.15, 0.2) is 0 Å². The second-order valence-electron chi connectivity index (χ2n) is 2.59. The fourth-order valence-electron chi connectivity index (χ4n) is 1.09. The average Bonchev–Trinajstić information content (AvgIpc) is 2.59. The number of hydrogen-bond acceptors (Lipinski definition) is 0. The fourth-order valence-corrected chi connectivity index (χ4v) is 2.03. The summed E-state index contributed by atoms with van der Waals surface area (Å²) in [7, 11) is 1.30. The first-order valence-corrected chi connectivity index (χ1v) is 4.83. The highest BCUT2D eigenvalue weighted by Gasteiger charge is 1.92. The summed E-state index contributed by atoms with van der Waals surface area (Å²) >= 11 is 0. The van der Waals surface area contributed by atoms with Gasteiger partial charge in [0, 0.05) is 10.6 Å². The third kappa shape index (κ3) is 1.72. The van der Waals surface area contributed by atoms with E-state index < -0.39 is 0 Å². The first kappa shape index (κ1) is 7.52. The third-order valence-corrected chi connectivity index (χ3v) is 2.77. The maximum Gasteiger partial charge on any atom is 0.00234 e. The van der Waals surface area contributed by atoms with E-state index in [0.717, 1.165) is 0 Å². The van der Waals surface area contributed by atoms with E-state index in [-0.39, 0.29) is 0 Å². The number of allylic oxidation sites excluding steroid dienone is 4. The molecule has 0 unspecified atom stereocenters. The molecule has 0 nitrogen and oxygen atoms in total. The van der Waals surface area contributed by atoms with E-state index in [0.29, 0.717) is 0 Å². The van der Waals surface area contributed by atoms with Gasteiger partial charge in [0.2, 0.25) is 0 Å². The molecule has 0 radical (unpaired) electrons. The Balaban J connectivity index is 2.29. The van der Waals surface area contributed by atoms with Crippen LogP contribution in [0.4, 0.5) is 0 Å². The van der Waals surface area contributed by atoms with Crippen molar-refractivity contribution in [2.24, 2.45) is 0 Å². The first-order chi connectivity index (χ1) is 5.95. The lowest BCUT2D eigenvalue weighted by atomic mass is 10.4. The summed E-state index contributed by atoms with van der Waals surface area (Å²) in [6.07, 6.45) is 8.44. The summed E-state index contributed by atoms with van der Waals surface area (Å²) in [6.45, 7) is 0. The van der Waals surface area contributed by atoms with Gasteiger partial charge in [-0.05, 0) is 0 Å². The largest absolute Gasteiger partial charge is 0.0622 e. The lowest BCUT2D eigenvalue weighted by molar-refractivity contribution is 1.78. The maximum atomic E-state index is 2.15. The standard InChI is InChI=1S/C11H9P/c1-2-6-10(7-3-1)12-11-8-4-5-9-11/h1-9H. The quantitative estimate of drug-likeness (QED) is 0.571. The molecule has 0 fully saturated rings. The molecule has 0 amide bonds. The molecule has 58 valence electrons. The van der Waals surface area contributed by atoms with Crippen molar-refractivity contribution in [3.05, 3.63) is 54.6 Å². The number of rotatable bonds is 1. The molecule has 0 aliphatic heterocycles. The van der Waals surface area contributed by atoms with Gasteiger partial charge in [-0.15, -0.1) is 0 Å². The zero-order valence-electron chi connectivity index (χ0n) is 6.64. The van der Waals surface area contributed by atoms with Crippen LogP contribution in [-0.2, 0) is 0 Å². The molecule has 1 aromatic carbocycles. The van der Waals surface area contributed by atoms with Crippen LogP contribution in [0.25, 0.3) is 0 Å². The minimum atomic E-state index is 1.30. The topological polar surface area (TPSA) is 0 Å². The minimum absolute atomic E-state index is 1.30. The fraction of sp³-hybridized carbons (Fsp3) is 0. The smallest absolute Gasteiger partial charge is 0.00234 e. The Bertz CT molecular complexity index is 331. The Morgan fingerprint density at radius 1 is 0.833 bits per heavy atom. The van der Waals surface area contributed by atoms with E-state index in [1.165, 1.54) is 18.8 Å². The minimum Gasteiger partial charge on any atom is -0.0622 e. The highest BCUT2D eigenvalue weighted by molar-refractivity contribution is 7.50. The summed E-state index contributed by atoms with van der Waals surface area (Å²) in [5, 5.41) is 2.71. The summed E-state index contributed by atoms with van der Waals surface area (Å²) in [5.41, 5.74) is 0. The number of benzene rings is 1. The van der Waals surface area contributed by atoms with Gasteiger partial charge in [-0.2, -0.15) is 0 Å². The van der Waals surface area contributed by atoms with Crippen molar-refractivity contribution in [1.82, 2.24) is 0 Å². The predicted octanol–water partition coefficient (Wildman–Crippen LogP) is 2.56. The molecule has 0 saturated heterocycles. The van der Waals surface area contributed by atoms with Gasteiger partial charge in [0.25, 0.3) is 0 Å². The lowest BCUT2D eigenvalue weighted by Crippen LogP contribution is -1.91. The van der Waals surface area contributed by atoms with Gasteiger partial charge in [0.05, 0.1) is 0 Å². The van der Waals surface area contributed by atoms with Crippen molar-refractivity contribution in [2.45, 2.75) is 0 Å². The van der Waals surface area contributed by atoms with Crippen LogP contribution in [0.5, 0.6) is 0 Å². The summed E-state index contributed by atoms with van der Waals surface area (Å²) in [5.74, 6) is 0. The zero-order valence-corrected chi connectivity index (χ0v) is 7.54. The van der Waals surface area contributed by atoms with Crippen molar-refractivity contribution in [3.63, 3.8) is 0 Å². The average molecular weight is 172 g/mol. The molecule has 1 heteroatoms. The Kier molecular flexibility index (Phi) is 2.20. The van der Waals surface area contributed by atoms with Gasteiger partial charge < -0.3 is 0 Å². The normalized spacial score (nSPS) is 14.5. The Morgan fingerprint density at radius 2 is 1.50 bits per heavy atom. The van der Waals surface area contributed by atoms with Crippen molar-refractivity contribution in [2.75, 3.05) is 0 Å². The second-order valence-corrected chi connectivity index (χ2v) is 3.85. The van der Waals surface area contributed by atoms with Gasteiger partial charge in [-0.3, -0.25) is 0 Å². The van der Waals surface area contributed by atoms with Crippen LogP contribution in [0.3, 0.4) is 0 Å². The van der Waals surface area contributed by atoms with E-state index >= 15 is 0 Å². The van der Waals surface area contributed by atoms with Crippen LogP contribution in [0.15, 0.2) is 54.6 Å². The van der Waals surface area contributed by atoms with Gasteiger partial charge in [0.1, 0.15) is 0 Å². The third-order valence-electron chi connectivity index (χ3n) is 1.66. The van der Waals surface area contributed by atoms with Gasteiger partial charge in [-0.1, -0.05) is 62.8 Å². The Labute approximate surface area is 74.0 Å². The maximum absolute atomic E-state index is 2.15. The molecule has 1 aromatic rings. The SMILES string of the molecule is C1=CC(=Pc2ccccc2)C=C1. The summed E-state index contributed by atoms with van der Waals surface area (Å²) in [6, 6.07) is 10.5. The van der Waals surface area contributed by atoms with Crippen LogP contribution in [0.1, 0.15) is 0 Å². The van der Waals surface area contributed by atoms with E-state index in [1.54, 1.807) is 0 Å². The van der Waals surface area contributed by atoms with Gasteiger partial charge in [-0.25, -0.2) is 0 Å². The van der Waals surface area contributed by atoms with Crippen LogP contribution in [0, 0.1) is 0 Å².